The van der Waals surface area contributed by atoms with Crippen molar-refractivity contribution in [2.45, 2.75) is 6.54 Å². The molecule has 0 N–H and O–H groups in total. The Balaban J connectivity index is 1.66. The Bertz CT molecular complexity index is 1040. The number of aromatic nitrogens is 2. The van der Waals surface area contributed by atoms with E-state index >= 15 is 0 Å². The largest absolute Gasteiger partial charge is 0.486 e. The Morgan fingerprint density at radius 2 is 1.92 bits per heavy atom. The molecule has 0 unspecified atom stereocenters. The predicted molar refractivity (Wildman–Crippen MR) is 92.8 cm³/mol. The van der Waals surface area contributed by atoms with Gasteiger partial charge in [0.05, 0.1) is 23.8 Å². The van der Waals surface area contributed by atoms with Crippen molar-refractivity contribution in [3.63, 3.8) is 0 Å². The maximum atomic E-state index is 12.5. The second-order valence-corrected chi connectivity index (χ2v) is 6.06. The minimum atomic E-state index is -0.307. The van der Waals surface area contributed by atoms with Gasteiger partial charge in [-0.25, -0.2) is 4.98 Å². The minimum absolute atomic E-state index is 0.117. The van der Waals surface area contributed by atoms with Crippen molar-refractivity contribution in [1.29, 1.82) is 0 Å². The summed E-state index contributed by atoms with van der Waals surface area (Å²) in [5.41, 5.74) is 0.679. The van der Waals surface area contributed by atoms with Crippen molar-refractivity contribution in [2.24, 2.45) is 0 Å². The Morgan fingerprint density at radius 1 is 1.12 bits per heavy atom. The molecule has 0 bridgehead atoms. The standard InChI is InChI=1S/C18H13ClN2O4/c19-12-2-3-14-13(8-12)18(23)21(10-20-14)9-15(22)11-1-4-16-17(7-11)25-6-5-24-16/h1-4,7-8,10H,5-6,9H2. The zero-order chi connectivity index (χ0) is 17.4. The number of nitrogens with zero attached hydrogens (tertiary/aromatic N) is 2. The van der Waals surface area contributed by atoms with Gasteiger partial charge in [-0.05, 0) is 36.4 Å². The first-order chi connectivity index (χ1) is 12.1. The summed E-state index contributed by atoms with van der Waals surface area (Å²) in [6.07, 6.45) is 1.37. The fourth-order valence-corrected chi connectivity index (χ4v) is 2.88. The highest BCUT2D eigenvalue weighted by molar-refractivity contribution is 6.31. The molecule has 1 aliphatic rings. The fraction of sp³-hybridized carbons (Fsp3) is 0.167. The number of fused-ring (bicyclic) bond motifs is 2. The van der Waals surface area contributed by atoms with Crippen LogP contribution >= 0.6 is 11.6 Å². The third kappa shape index (κ3) is 2.96. The topological polar surface area (TPSA) is 70.4 Å². The molecule has 0 amide bonds. The highest BCUT2D eigenvalue weighted by atomic mass is 35.5. The van der Waals surface area contributed by atoms with Crippen LogP contribution in [0.25, 0.3) is 10.9 Å². The normalized spacial score (nSPS) is 13.0. The fourth-order valence-electron chi connectivity index (χ4n) is 2.71. The number of Topliss-reactive ketones (excluding diaryl/α,β-unsaturated/α-hetero) is 1. The van der Waals surface area contributed by atoms with E-state index in [2.05, 4.69) is 4.98 Å². The highest BCUT2D eigenvalue weighted by Gasteiger charge is 2.16. The summed E-state index contributed by atoms with van der Waals surface area (Å²) in [5, 5.41) is 0.826. The van der Waals surface area contributed by atoms with E-state index in [0.29, 0.717) is 46.2 Å². The minimum Gasteiger partial charge on any atom is -0.486 e. The molecule has 0 spiro atoms. The molecule has 2 aromatic carbocycles. The van der Waals surface area contributed by atoms with Crippen LogP contribution < -0.4 is 15.0 Å². The summed E-state index contributed by atoms with van der Waals surface area (Å²) in [7, 11) is 0. The van der Waals surface area contributed by atoms with Crippen LogP contribution in [0.15, 0.2) is 47.5 Å². The van der Waals surface area contributed by atoms with E-state index in [0.717, 1.165) is 0 Å². The summed E-state index contributed by atoms with van der Waals surface area (Å²) in [4.78, 5) is 29.3. The maximum absolute atomic E-state index is 12.5. The number of carbonyl (C=O) groups excluding carboxylic acids is 1. The van der Waals surface area contributed by atoms with Crippen LogP contribution in [0.3, 0.4) is 0 Å². The van der Waals surface area contributed by atoms with Gasteiger partial charge in [-0.3, -0.25) is 14.2 Å². The molecule has 3 aromatic rings. The molecule has 0 fully saturated rings. The van der Waals surface area contributed by atoms with Gasteiger partial charge in [0.2, 0.25) is 0 Å². The van der Waals surface area contributed by atoms with E-state index in [1.165, 1.54) is 10.9 Å². The van der Waals surface area contributed by atoms with Crippen molar-refractivity contribution in [2.75, 3.05) is 13.2 Å². The molecule has 4 rings (SSSR count). The number of halogens is 1. The first-order valence-corrected chi connectivity index (χ1v) is 8.07. The molecule has 7 heteroatoms. The number of rotatable bonds is 3. The van der Waals surface area contributed by atoms with E-state index in [4.69, 9.17) is 21.1 Å². The Kier molecular flexibility index (Phi) is 3.89. The Hall–Kier alpha value is -2.86. The zero-order valence-electron chi connectivity index (χ0n) is 13.1. The highest BCUT2D eigenvalue weighted by Crippen LogP contribution is 2.30. The van der Waals surface area contributed by atoms with Crippen LogP contribution in [0, 0.1) is 0 Å². The number of carbonyl (C=O) groups is 1. The average molecular weight is 357 g/mol. The van der Waals surface area contributed by atoms with Gasteiger partial charge in [-0.2, -0.15) is 0 Å². The van der Waals surface area contributed by atoms with Crippen LogP contribution in [-0.2, 0) is 6.54 Å². The molecular weight excluding hydrogens is 344 g/mol. The van der Waals surface area contributed by atoms with Gasteiger partial charge >= 0.3 is 0 Å². The van der Waals surface area contributed by atoms with Crippen molar-refractivity contribution in [3.8, 4) is 11.5 Å². The molecule has 25 heavy (non-hydrogen) atoms. The number of hydrogen-bond donors (Lipinski definition) is 0. The SMILES string of the molecule is O=C(Cn1cnc2ccc(Cl)cc2c1=O)c1ccc2c(c1)OCCO2. The van der Waals surface area contributed by atoms with Crippen molar-refractivity contribution in [3.05, 3.63) is 63.7 Å². The van der Waals surface area contributed by atoms with E-state index in [9.17, 15) is 9.59 Å². The van der Waals surface area contributed by atoms with Crippen LogP contribution in [0.1, 0.15) is 10.4 Å². The molecule has 126 valence electrons. The van der Waals surface area contributed by atoms with Crippen LogP contribution in [0.4, 0.5) is 0 Å². The van der Waals surface area contributed by atoms with Gasteiger partial charge in [0.1, 0.15) is 13.2 Å². The number of ketones is 1. The lowest BCUT2D eigenvalue weighted by Crippen LogP contribution is -2.25. The van der Waals surface area contributed by atoms with E-state index in [1.807, 2.05) is 0 Å². The molecule has 1 aromatic heterocycles. The van der Waals surface area contributed by atoms with Gasteiger partial charge in [0, 0.05) is 10.6 Å². The second-order valence-electron chi connectivity index (χ2n) is 5.62. The number of ether oxygens (including phenoxy) is 2. The maximum Gasteiger partial charge on any atom is 0.261 e. The molecule has 0 saturated heterocycles. The van der Waals surface area contributed by atoms with Gasteiger partial charge in [-0.1, -0.05) is 11.6 Å². The predicted octanol–water partition coefficient (Wildman–Crippen LogP) is 2.70. The molecule has 1 aliphatic heterocycles. The molecule has 6 nitrogen and oxygen atoms in total. The molecule has 0 atom stereocenters. The first kappa shape index (κ1) is 15.7. The van der Waals surface area contributed by atoms with Crippen molar-refractivity contribution >= 4 is 28.3 Å². The van der Waals surface area contributed by atoms with Crippen LogP contribution in [-0.4, -0.2) is 28.5 Å². The van der Waals surface area contributed by atoms with E-state index in [-0.39, 0.29) is 17.9 Å². The van der Waals surface area contributed by atoms with E-state index < -0.39 is 0 Å². The molecule has 0 radical (unpaired) electrons. The Morgan fingerprint density at radius 3 is 2.76 bits per heavy atom. The van der Waals surface area contributed by atoms with Crippen LogP contribution in [0.2, 0.25) is 5.02 Å². The van der Waals surface area contributed by atoms with Crippen molar-refractivity contribution in [1.82, 2.24) is 9.55 Å². The monoisotopic (exact) mass is 356 g/mol. The lowest BCUT2D eigenvalue weighted by molar-refractivity contribution is 0.0969. The van der Waals surface area contributed by atoms with Gasteiger partial charge in [-0.15, -0.1) is 0 Å². The van der Waals surface area contributed by atoms with Crippen LogP contribution in [0.5, 0.6) is 11.5 Å². The third-order valence-electron chi connectivity index (χ3n) is 3.96. The zero-order valence-corrected chi connectivity index (χ0v) is 13.8. The summed E-state index contributed by atoms with van der Waals surface area (Å²) in [6, 6.07) is 9.88. The molecule has 0 aliphatic carbocycles. The molecule has 0 saturated carbocycles. The Labute approximate surface area is 147 Å². The summed E-state index contributed by atoms with van der Waals surface area (Å²) in [5.74, 6) is 0.928. The summed E-state index contributed by atoms with van der Waals surface area (Å²) in [6.45, 7) is 0.814. The lowest BCUT2D eigenvalue weighted by Gasteiger charge is -2.18. The molecular formula is C18H13ClN2O4. The number of hydrogen-bond acceptors (Lipinski definition) is 5. The van der Waals surface area contributed by atoms with Gasteiger partial charge in [0.25, 0.3) is 5.56 Å². The summed E-state index contributed by atoms with van der Waals surface area (Å²) < 4.78 is 12.2. The van der Waals surface area contributed by atoms with Gasteiger partial charge in [0.15, 0.2) is 17.3 Å². The first-order valence-electron chi connectivity index (χ1n) is 7.69. The third-order valence-corrected chi connectivity index (χ3v) is 4.20. The summed E-state index contributed by atoms with van der Waals surface area (Å²) >= 11 is 5.94. The lowest BCUT2D eigenvalue weighted by atomic mass is 10.1. The molecule has 2 heterocycles. The van der Waals surface area contributed by atoms with E-state index in [1.54, 1.807) is 36.4 Å². The number of benzene rings is 2. The van der Waals surface area contributed by atoms with Crippen molar-refractivity contribution < 1.29 is 14.3 Å². The average Bonchev–Trinajstić information content (AvgIpc) is 2.64. The second kappa shape index (κ2) is 6.22. The smallest absolute Gasteiger partial charge is 0.261 e. The van der Waals surface area contributed by atoms with Gasteiger partial charge < -0.3 is 9.47 Å². The quantitative estimate of drug-likeness (QED) is 0.675.